The van der Waals surface area contributed by atoms with Gasteiger partial charge in [0, 0.05) is 34.1 Å². The summed E-state index contributed by atoms with van der Waals surface area (Å²) in [5, 5.41) is 19.1. The third-order valence-corrected chi connectivity index (χ3v) is 18.0. The average Bonchev–Trinajstić information content (AvgIpc) is 0.912. The zero-order chi connectivity index (χ0) is 58.1. The van der Waals surface area contributed by atoms with Crippen LogP contribution >= 0.6 is 0 Å². The van der Waals surface area contributed by atoms with Gasteiger partial charge in [-0.25, -0.2) is 0 Å². The molecule has 410 valence electrons. The molecular weight excluding hydrogens is 1060 g/mol. The van der Waals surface area contributed by atoms with E-state index in [9.17, 15) is 0 Å². The molecule has 0 fully saturated rings. The SMILES string of the molecule is c1cc(-c2ccc3ccccc3c2)cc(-c2c3ccc(N(c4ccc5ccccc5c4)c4ccc5ccccc5c4)cc3c(-c3cccc(-c4ccc5ccccc5c4)c3)c3ccc(N(c4ccc5ccccc5c4)c4ccc5ccccc5c4)cc23)c1. The summed E-state index contributed by atoms with van der Waals surface area (Å²) in [5.41, 5.74) is 15.8. The van der Waals surface area contributed by atoms with Crippen LogP contribution in [0.5, 0.6) is 0 Å². The predicted molar refractivity (Wildman–Crippen MR) is 378 cm³/mol. The Morgan fingerprint density at radius 1 is 0.136 bits per heavy atom. The summed E-state index contributed by atoms with van der Waals surface area (Å²) in [4.78, 5) is 4.90. The van der Waals surface area contributed by atoms with E-state index < -0.39 is 0 Å². The molecule has 0 atom stereocenters. The first-order chi connectivity index (χ1) is 43.6. The van der Waals surface area contributed by atoms with Crippen molar-refractivity contribution in [3.05, 3.63) is 340 Å². The Morgan fingerprint density at radius 3 is 0.693 bits per heavy atom. The summed E-state index contributed by atoms with van der Waals surface area (Å²) in [6.07, 6.45) is 0. The fourth-order valence-corrected chi connectivity index (χ4v) is 13.7. The van der Waals surface area contributed by atoms with Crippen molar-refractivity contribution in [2.75, 3.05) is 9.80 Å². The number of nitrogens with zero attached hydrogens (tertiary/aromatic N) is 2. The summed E-state index contributed by atoms with van der Waals surface area (Å²) < 4.78 is 0. The van der Waals surface area contributed by atoms with E-state index in [1.165, 1.54) is 86.9 Å². The fraction of sp³-hybridized carbons (Fsp3) is 0. The van der Waals surface area contributed by atoms with Gasteiger partial charge in [0.1, 0.15) is 0 Å². The van der Waals surface area contributed by atoms with E-state index in [1.54, 1.807) is 0 Å². The summed E-state index contributed by atoms with van der Waals surface area (Å²) in [7, 11) is 0. The van der Waals surface area contributed by atoms with Gasteiger partial charge in [0.25, 0.3) is 0 Å². The minimum atomic E-state index is 1.07. The van der Waals surface area contributed by atoms with E-state index >= 15 is 0 Å². The molecule has 0 saturated carbocycles. The summed E-state index contributed by atoms with van der Waals surface area (Å²) in [5.74, 6) is 0. The van der Waals surface area contributed by atoms with Crippen LogP contribution in [-0.4, -0.2) is 0 Å². The first-order valence-corrected chi connectivity index (χ1v) is 30.4. The maximum Gasteiger partial charge on any atom is 0.0468 e. The highest BCUT2D eigenvalue weighted by molar-refractivity contribution is 6.23. The topological polar surface area (TPSA) is 6.48 Å². The quantitative estimate of drug-likeness (QED) is 0.126. The van der Waals surface area contributed by atoms with Gasteiger partial charge in [-0.05, 0) is 228 Å². The highest BCUT2D eigenvalue weighted by Gasteiger charge is 2.24. The minimum Gasteiger partial charge on any atom is -0.310 e. The van der Waals surface area contributed by atoms with Crippen LogP contribution < -0.4 is 9.80 Å². The molecular formula is C86H56N2. The van der Waals surface area contributed by atoms with Crippen molar-refractivity contribution in [1.82, 2.24) is 0 Å². The second-order valence-corrected chi connectivity index (χ2v) is 23.3. The van der Waals surface area contributed by atoms with Gasteiger partial charge < -0.3 is 9.80 Å². The van der Waals surface area contributed by atoms with Crippen molar-refractivity contribution < 1.29 is 0 Å². The highest BCUT2D eigenvalue weighted by Crippen LogP contribution is 2.50. The van der Waals surface area contributed by atoms with E-state index in [0.717, 1.165) is 77.9 Å². The molecule has 0 saturated heterocycles. The Labute approximate surface area is 511 Å². The molecule has 0 aromatic heterocycles. The zero-order valence-corrected chi connectivity index (χ0v) is 48.2. The van der Waals surface area contributed by atoms with Gasteiger partial charge in [-0.3, -0.25) is 0 Å². The van der Waals surface area contributed by atoms with E-state index in [2.05, 4.69) is 350 Å². The normalized spacial score (nSPS) is 11.6. The molecule has 88 heavy (non-hydrogen) atoms. The van der Waals surface area contributed by atoms with Crippen LogP contribution in [0.25, 0.3) is 131 Å². The monoisotopic (exact) mass is 1120 g/mol. The Hall–Kier alpha value is -11.6. The number of hydrogen-bond donors (Lipinski definition) is 0. The third kappa shape index (κ3) is 9.06. The Kier molecular flexibility index (Phi) is 12.3. The second kappa shape index (κ2) is 21.2. The van der Waals surface area contributed by atoms with Crippen LogP contribution in [0.1, 0.15) is 0 Å². The van der Waals surface area contributed by atoms with Gasteiger partial charge in [-0.1, -0.05) is 243 Å². The molecule has 17 aromatic carbocycles. The summed E-state index contributed by atoms with van der Waals surface area (Å²) in [6.45, 7) is 0. The van der Waals surface area contributed by atoms with Crippen LogP contribution in [0.15, 0.2) is 340 Å². The molecule has 0 spiro atoms. The fourth-order valence-electron chi connectivity index (χ4n) is 13.7. The summed E-state index contributed by atoms with van der Waals surface area (Å²) in [6, 6.07) is 126. The zero-order valence-electron chi connectivity index (χ0n) is 48.2. The summed E-state index contributed by atoms with van der Waals surface area (Å²) >= 11 is 0. The van der Waals surface area contributed by atoms with Crippen LogP contribution in [0.2, 0.25) is 0 Å². The number of benzene rings is 17. The molecule has 0 radical (unpaired) electrons. The van der Waals surface area contributed by atoms with Gasteiger partial charge in [-0.2, -0.15) is 0 Å². The predicted octanol–water partition coefficient (Wildman–Crippen LogP) is 24.5. The smallest absolute Gasteiger partial charge is 0.0468 e. The molecule has 0 aliphatic carbocycles. The lowest BCUT2D eigenvalue weighted by atomic mass is 9.84. The Morgan fingerprint density at radius 2 is 0.375 bits per heavy atom. The number of anilines is 6. The van der Waals surface area contributed by atoms with Crippen LogP contribution in [-0.2, 0) is 0 Å². The van der Waals surface area contributed by atoms with Gasteiger partial charge >= 0.3 is 0 Å². The molecule has 17 aromatic rings. The van der Waals surface area contributed by atoms with Crippen molar-refractivity contribution in [1.29, 1.82) is 0 Å². The second-order valence-electron chi connectivity index (χ2n) is 23.3. The molecule has 2 nitrogen and oxygen atoms in total. The molecule has 17 rings (SSSR count). The van der Waals surface area contributed by atoms with Crippen molar-refractivity contribution in [3.63, 3.8) is 0 Å². The molecule has 2 heteroatoms. The van der Waals surface area contributed by atoms with Crippen molar-refractivity contribution in [2.24, 2.45) is 0 Å². The first-order valence-electron chi connectivity index (χ1n) is 30.4. The minimum absolute atomic E-state index is 1.07. The lowest BCUT2D eigenvalue weighted by Crippen LogP contribution is -2.10. The number of rotatable bonds is 10. The van der Waals surface area contributed by atoms with Crippen molar-refractivity contribution in [3.8, 4) is 44.5 Å². The standard InChI is InChI=1S/C86H56N2/c1-7-21-63-47-71(33-31-57(63)15-1)65-27-13-29-73(49-65)85-81-45-43-80(88(77-41-37-61-19-5-11-25-69(61)53-77)78-42-38-62-20-6-12-26-70(62)54-78)56-84(81)86(74-30-14-28-66(50-74)72-34-32-58-16-2-8-22-64(58)48-72)82-46-44-79(55-83(82)85)87(75-39-35-59-17-3-9-23-67(59)51-75)76-40-36-60-18-4-10-24-68(60)52-76/h1-56H. The molecule has 0 aliphatic heterocycles. The van der Waals surface area contributed by atoms with E-state index in [1.807, 2.05) is 0 Å². The van der Waals surface area contributed by atoms with Crippen LogP contribution in [0.4, 0.5) is 34.1 Å². The third-order valence-electron chi connectivity index (χ3n) is 18.0. The van der Waals surface area contributed by atoms with Gasteiger partial charge in [0.2, 0.25) is 0 Å². The van der Waals surface area contributed by atoms with E-state index in [0.29, 0.717) is 0 Å². The molecule has 0 amide bonds. The maximum atomic E-state index is 2.47. The van der Waals surface area contributed by atoms with E-state index in [-0.39, 0.29) is 0 Å². The molecule has 0 heterocycles. The number of fused-ring (bicyclic) bond motifs is 8. The van der Waals surface area contributed by atoms with Gasteiger partial charge in [0.05, 0.1) is 0 Å². The Balaban J connectivity index is 0.971. The molecule has 0 N–H and O–H groups in total. The van der Waals surface area contributed by atoms with Crippen molar-refractivity contribution in [2.45, 2.75) is 0 Å². The average molecular weight is 1120 g/mol. The molecule has 0 aliphatic rings. The molecule has 0 unspecified atom stereocenters. The van der Waals surface area contributed by atoms with Crippen LogP contribution in [0, 0.1) is 0 Å². The first kappa shape index (κ1) is 50.9. The maximum absolute atomic E-state index is 2.47. The van der Waals surface area contributed by atoms with Crippen molar-refractivity contribution >= 4 is 120 Å². The Bertz CT molecular complexity index is 5110. The van der Waals surface area contributed by atoms with Gasteiger partial charge in [-0.15, -0.1) is 0 Å². The largest absolute Gasteiger partial charge is 0.310 e. The lowest BCUT2D eigenvalue weighted by molar-refractivity contribution is 1.30. The number of hydrogen-bond acceptors (Lipinski definition) is 2. The van der Waals surface area contributed by atoms with E-state index in [4.69, 9.17) is 0 Å². The molecule has 0 bridgehead atoms. The highest BCUT2D eigenvalue weighted by atomic mass is 15.1. The lowest BCUT2D eigenvalue weighted by Gasteiger charge is -2.29. The van der Waals surface area contributed by atoms with Crippen LogP contribution in [0.3, 0.4) is 0 Å². The van der Waals surface area contributed by atoms with Gasteiger partial charge in [0.15, 0.2) is 0 Å².